The van der Waals surface area contributed by atoms with Gasteiger partial charge in [0, 0.05) is 12.8 Å². The third-order valence-corrected chi connectivity index (χ3v) is 5.58. The van der Waals surface area contributed by atoms with Crippen LogP contribution < -0.4 is 0 Å². The molecule has 11 nitrogen and oxygen atoms in total. The maximum absolute atomic E-state index is 5.60. The Balaban J connectivity index is 1.70. The predicted molar refractivity (Wildman–Crippen MR) is 158 cm³/mol. The van der Waals surface area contributed by atoms with Gasteiger partial charge in [0.25, 0.3) is 0 Å². The first kappa shape index (κ1) is 37.8. The highest BCUT2D eigenvalue weighted by molar-refractivity contribution is 4.95. The third-order valence-electron chi connectivity index (χ3n) is 5.58. The van der Waals surface area contributed by atoms with Crippen LogP contribution >= 0.6 is 0 Å². The first-order valence-electron chi connectivity index (χ1n) is 15.2. The Labute approximate surface area is 248 Å². The van der Waals surface area contributed by atoms with Crippen molar-refractivity contribution in [1.29, 1.82) is 0 Å². The van der Waals surface area contributed by atoms with Gasteiger partial charge in [-0.05, 0) is 30.1 Å². The van der Waals surface area contributed by atoms with Crippen LogP contribution in [0.1, 0.15) is 60.1 Å². The molecular weight excluding hydrogens is 530 g/mol. The molecular formula is C30H59N3O8. The van der Waals surface area contributed by atoms with E-state index >= 15 is 0 Å². The van der Waals surface area contributed by atoms with Crippen LogP contribution in [0.4, 0.5) is 0 Å². The van der Waals surface area contributed by atoms with E-state index in [-0.39, 0.29) is 5.41 Å². The molecule has 0 radical (unpaired) electrons. The largest absolute Gasteiger partial charge is 0.379 e. The van der Waals surface area contributed by atoms with Crippen molar-refractivity contribution >= 4 is 0 Å². The Hall–Kier alpha value is -1.18. The van der Waals surface area contributed by atoms with Crippen LogP contribution in [0.15, 0.2) is 6.20 Å². The Morgan fingerprint density at radius 3 is 1.24 bits per heavy atom. The Kier molecular flexibility index (Phi) is 22.4. The van der Waals surface area contributed by atoms with Gasteiger partial charge in [0.15, 0.2) is 0 Å². The maximum atomic E-state index is 5.60. The van der Waals surface area contributed by atoms with E-state index in [4.69, 9.17) is 37.9 Å². The lowest BCUT2D eigenvalue weighted by molar-refractivity contribution is -0.0234. The Bertz CT molecular complexity index is 707. The number of hydrogen-bond donors (Lipinski definition) is 0. The van der Waals surface area contributed by atoms with E-state index in [1.54, 1.807) is 0 Å². The fourth-order valence-electron chi connectivity index (χ4n) is 3.58. The molecule has 0 aliphatic carbocycles. The van der Waals surface area contributed by atoms with Crippen LogP contribution in [0.5, 0.6) is 0 Å². The zero-order valence-corrected chi connectivity index (χ0v) is 26.8. The van der Waals surface area contributed by atoms with Gasteiger partial charge in [-0.3, -0.25) is 0 Å². The standard InChI is InChI=1S/C30H59N3O8/c1-29(2,3)8-7-10-34-12-14-36-16-18-38-20-22-40-24-25-41-23-21-39-19-17-37-15-13-35-11-9-33-27-28(31-32-33)26-30(4,5)6/h27H,7-26H2,1-6H3. The zero-order chi connectivity index (χ0) is 30.1. The molecule has 0 saturated heterocycles. The minimum Gasteiger partial charge on any atom is -0.379 e. The lowest BCUT2D eigenvalue weighted by Gasteiger charge is -2.17. The second-order valence-corrected chi connectivity index (χ2v) is 12.3. The molecule has 0 N–H and O–H groups in total. The van der Waals surface area contributed by atoms with Gasteiger partial charge in [-0.2, -0.15) is 0 Å². The van der Waals surface area contributed by atoms with E-state index in [0.717, 1.165) is 25.1 Å². The molecule has 1 rings (SSSR count). The van der Waals surface area contributed by atoms with E-state index in [1.807, 2.05) is 10.9 Å². The monoisotopic (exact) mass is 589 g/mol. The average molecular weight is 590 g/mol. The Morgan fingerprint density at radius 2 is 0.878 bits per heavy atom. The second-order valence-electron chi connectivity index (χ2n) is 12.3. The fourth-order valence-corrected chi connectivity index (χ4v) is 3.58. The number of rotatable bonds is 28. The molecule has 242 valence electrons. The van der Waals surface area contributed by atoms with Gasteiger partial charge < -0.3 is 37.9 Å². The topological polar surface area (TPSA) is 105 Å². The molecule has 0 spiro atoms. The lowest BCUT2D eigenvalue weighted by atomic mass is 9.91. The SMILES string of the molecule is CC(C)(C)CCCOCCOCCOCCOCCOCCOCCOCCOCCn1cc(CC(C)(C)C)nn1. The van der Waals surface area contributed by atoms with Crippen molar-refractivity contribution in [2.45, 2.75) is 67.3 Å². The minimum atomic E-state index is 0.204. The van der Waals surface area contributed by atoms with Crippen LogP contribution in [-0.2, 0) is 50.9 Å². The summed E-state index contributed by atoms with van der Waals surface area (Å²) >= 11 is 0. The van der Waals surface area contributed by atoms with Crippen LogP contribution in [-0.4, -0.2) is 121 Å². The van der Waals surface area contributed by atoms with Gasteiger partial charge >= 0.3 is 0 Å². The van der Waals surface area contributed by atoms with Crippen LogP contribution in [0.25, 0.3) is 0 Å². The van der Waals surface area contributed by atoms with Crippen molar-refractivity contribution in [2.75, 3.05) is 106 Å². The normalized spacial score (nSPS) is 12.4. The summed E-state index contributed by atoms with van der Waals surface area (Å²) < 4.78 is 46.0. The summed E-state index contributed by atoms with van der Waals surface area (Å²) in [6.45, 7) is 23.1. The third kappa shape index (κ3) is 27.4. The van der Waals surface area contributed by atoms with E-state index in [0.29, 0.717) is 111 Å². The van der Waals surface area contributed by atoms with Gasteiger partial charge in [-0.15, -0.1) is 5.10 Å². The van der Waals surface area contributed by atoms with Crippen LogP contribution in [0, 0.1) is 10.8 Å². The quantitative estimate of drug-likeness (QED) is 0.134. The van der Waals surface area contributed by atoms with Crippen molar-refractivity contribution < 1.29 is 37.9 Å². The lowest BCUT2D eigenvalue weighted by Crippen LogP contribution is -2.15. The molecule has 0 amide bonds. The highest BCUT2D eigenvalue weighted by Gasteiger charge is 2.13. The van der Waals surface area contributed by atoms with Gasteiger partial charge in [0.1, 0.15) is 0 Å². The average Bonchev–Trinajstić information content (AvgIpc) is 3.33. The first-order chi connectivity index (χ1) is 19.7. The molecule has 11 heteroatoms. The molecule has 0 saturated carbocycles. The number of aromatic nitrogens is 3. The maximum Gasteiger partial charge on any atom is 0.0832 e. The fraction of sp³-hybridized carbons (Fsp3) is 0.933. The molecule has 1 aromatic heterocycles. The molecule has 1 aromatic rings. The molecule has 0 aliphatic rings. The molecule has 0 atom stereocenters. The summed E-state index contributed by atoms with van der Waals surface area (Å²) in [5.74, 6) is 0. The van der Waals surface area contributed by atoms with Crippen molar-refractivity contribution in [1.82, 2.24) is 15.0 Å². The van der Waals surface area contributed by atoms with E-state index < -0.39 is 0 Å². The van der Waals surface area contributed by atoms with Crippen LogP contribution in [0.2, 0.25) is 0 Å². The number of nitrogens with zero attached hydrogens (tertiary/aromatic N) is 3. The molecule has 0 aliphatic heterocycles. The molecule has 0 unspecified atom stereocenters. The minimum absolute atomic E-state index is 0.204. The van der Waals surface area contributed by atoms with Gasteiger partial charge in [0.2, 0.25) is 0 Å². The van der Waals surface area contributed by atoms with Gasteiger partial charge in [0.05, 0.1) is 111 Å². The summed E-state index contributed by atoms with van der Waals surface area (Å²) in [4.78, 5) is 0. The highest BCUT2D eigenvalue weighted by Crippen LogP contribution is 2.20. The van der Waals surface area contributed by atoms with Crippen LogP contribution in [0.3, 0.4) is 0 Å². The predicted octanol–water partition coefficient (Wildman–Crippen LogP) is 3.83. The van der Waals surface area contributed by atoms with Crippen molar-refractivity contribution in [3.63, 3.8) is 0 Å². The van der Waals surface area contributed by atoms with E-state index in [9.17, 15) is 0 Å². The smallest absolute Gasteiger partial charge is 0.0832 e. The van der Waals surface area contributed by atoms with Crippen molar-refractivity contribution in [3.05, 3.63) is 11.9 Å². The van der Waals surface area contributed by atoms with Crippen molar-refractivity contribution in [3.8, 4) is 0 Å². The summed E-state index contributed by atoms with van der Waals surface area (Å²) in [7, 11) is 0. The molecule has 1 heterocycles. The summed E-state index contributed by atoms with van der Waals surface area (Å²) in [6, 6.07) is 0. The first-order valence-corrected chi connectivity index (χ1v) is 15.2. The Morgan fingerprint density at radius 1 is 0.512 bits per heavy atom. The summed E-state index contributed by atoms with van der Waals surface area (Å²) in [5, 5.41) is 8.36. The van der Waals surface area contributed by atoms with Gasteiger partial charge in [-0.25, -0.2) is 4.68 Å². The molecule has 0 aromatic carbocycles. The number of hydrogen-bond acceptors (Lipinski definition) is 10. The summed E-state index contributed by atoms with van der Waals surface area (Å²) in [5.41, 5.74) is 1.59. The molecule has 0 bridgehead atoms. The second kappa shape index (κ2) is 24.3. The molecule has 0 fully saturated rings. The summed E-state index contributed by atoms with van der Waals surface area (Å²) in [6.07, 6.45) is 5.16. The highest BCUT2D eigenvalue weighted by atomic mass is 16.6. The van der Waals surface area contributed by atoms with Crippen molar-refractivity contribution in [2.24, 2.45) is 10.8 Å². The van der Waals surface area contributed by atoms with E-state index in [1.165, 1.54) is 6.42 Å². The van der Waals surface area contributed by atoms with E-state index in [2.05, 4.69) is 51.9 Å². The zero-order valence-electron chi connectivity index (χ0n) is 26.8. The molecule has 41 heavy (non-hydrogen) atoms. The van der Waals surface area contributed by atoms with Gasteiger partial charge in [-0.1, -0.05) is 46.8 Å². The number of ether oxygens (including phenoxy) is 8.